The van der Waals surface area contributed by atoms with Crippen LogP contribution in [0, 0.1) is 0 Å². The van der Waals surface area contributed by atoms with E-state index in [2.05, 4.69) is 10.4 Å². The second-order valence-electron chi connectivity index (χ2n) is 3.72. The van der Waals surface area contributed by atoms with Crippen molar-refractivity contribution in [1.29, 1.82) is 0 Å². The molecule has 0 saturated carbocycles. The highest BCUT2D eigenvalue weighted by molar-refractivity contribution is 5.02. The van der Waals surface area contributed by atoms with Gasteiger partial charge in [-0.3, -0.25) is 4.68 Å². The second-order valence-corrected chi connectivity index (χ2v) is 3.72. The Kier molecular flexibility index (Phi) is 3.71. The Morgan fingerprint density at radius 1 is 1.60 bits per heavy atom. The van der Waals surface area contributed by atoms with Crippen LogP contribution in [0.2, 0.25) is 0 Å². The molecule has 1 aromatic rings. The Bertz CT molecular complexity index is 295. The van der Waals surface area contributed by atoms with E-state index >= 15 is 0 Å². The van der Waals surface area contributed by atoms with Crippen molar-refractivity contribution in [3.8, 4) is 0 Å². The van der Waals surface area contributed by atoms with Crippen molar-refractivity contribution >= 4 is 0 Å². The van der Waals surface area contributed by atoms with Gasteiger partial charge in [0.1, 0.15) is 0 Å². The van der Waals surface area contributed by atoms with Gasteiger partial charge in [-0.2, -0.15) is 5.10 Å². The molecule has 5 nitrogen and oxygen atoms in total. The van der Waals surface area contributed by atoms with Gasteiger partial charge in [-0.25, -0.2) is 0 Å². The maximum atomic E-state index is 5.51. The number of ether oxygens (including phenoxy) is 2. The summed E-state index contributed by atoms with van der Waals surface area (Å²) in [6, 6.07) is 0. The van der Waals surface area contributed by atoms with E-state index in [1.807, 2.05) is 19.4 Å². The summed E-state index contributed by atoms with van der Waals surface area (Å²) in [6.07, 6.45) is 4.06. The van der Waals surface area contributed by atoms with E-state index in [4.69, 9.17) is 9.47 Å². The predicted octanol–water partition coefficient (Wildman–Crippen LogP) is -0.0749. The first-order valence-corrected chi connectivity index (χ1v) is 5.22. The zero-order valence-corrected chi connectivity index (χ0v) is 8.98. The zero-order valence-electron chi connectivity index (χ0n) is 8.98. The molecule has 0 aromatic carbocycles. The summed E-state index contributed by atoms with van der Waals surface area (Å²) in [7, 11) is 1.92. The van der Waals surface area contributed by atoms with E-state index in [1.54, 1.807) is 4.68 Å². The highest BCUT2D eigenvalue weighted by Gasteiger charge is 2.13. The third kappa shape index (κ3) is 3.30. The number of hydrogen-bond donors (Lipinski definition) is 1. The van der Waals surface area contributed by atoms with Crippen molar-refractivity contribution < 1.29 is 9.47 Å². The van der Waals surface area contributed by atoms with Crippen molar-refractivity contribution in [1.82, 2.24) is 15.1 Å². The smallest absolute Gasteiger partial charge is 0.0933 e. The fraction of sp³-hybridized carbons (Fsp3) is 0.700. The van der Waals surface area contributed by atoms with E-state index < -0.39 is 0 Å². The molecule has 0 amide bonds. The number of hydrogen-bond acceptors (Lipinski definition) is 4. The normalized spacial score (nSPS) is 21.8. The van der Waals surface area contributed by atoms with Crippen LogP contribution in [0.4, 0.5) is 0 Å². The summed E-state index contributed by atoms with van der Waals surface area (Å²) in [5.74, 6) is 0. The maximum Gasteiger partial charge on any atom is 0.0933 e. The Balaban J connectivity index is 1.65. The molecule has 0 radical (unpaired) electrons. The average Bonchev–Trinajstić information content (AvgIpc) is 2.66. The highest BCUT2D eigenvalue weighted by atomic mass is 16.6. The van der Waals surface area contributed by atoms with Crippen molar-refractivity contribution in [2.24, 2.45) is 7.05 Å². The Hall–Kier alpha value is -0.910. The van der Waals surface area contributed by atoms with E-state index in [9.17, 15) is 0 Å². The minimum absolute atomic E-state index is 0.190. The van der Waals surface area contributed by atoms with Gasteiger partial charge >= 0.3 is 0 Å². The molecule has 1 atom stereocenters. The molecule has 1 unspecified atom stereocenters. The molecule has 1 N–H and O–H groups in total. The van der Waals surface area contributed by atoms with Crippen molar-refractivity contribution in [2.75, 3.05) is 26.4 Å². The van der Waals surface area contributed by atoms with Crippen molar-refractivity contribution in [3.05, 3.63) is 18.0 Å². The van der Waals surface area contributed by atoms with Gasteiger partial charge in [0.15, 0.2) is 0 Å². The van der Waals surface area contributed by atoms with Gasteiger partial charge in [0.25, 0.3) is 0 Å². The van der Waals surface area contributed by atoms with Crippen LogP contribution in [0.5, 0.6) is 0 Å². The minimum Gasteiger partial charge on any atom is -0.376 e. The first kappa shape index (κ1) is 10.6. The van der Waals surface area contributed by atoms with Crippen molar-refractivity contribution in [2.45, 2.75) is 12.6 Å². The summed E-state index contributed by atoms with van der Waals surface area (Å²) < 4.78 is 12.6. The van der Waals surface area contributed by atoms with Gasteiger partial charge in [0.2, 0.25) is 0 Å². The first-order chi connectivity index (χ1) is 7.34. The molecule has 1 aromatic heterocycles. The van der Waals surface area contributed by atoms with Crippen LogP contribution >= 0.6 is 0 Å². The molecule has 15 heavy (non-hydrogen) atoms. The summed E-state index contributed by atoms with van der Waals surface area (Å²) in [5.41, 5.74) is 1.19. The molecule has 2 rings (SSSR count). The fourth-order valence-corrected chi connectivity index (χ4v) is 1.60. The number of nitrogens with zero attached hydrogens (tertiary/aromatic N) is 2. The van der Waals surface area contributed by atoms with Crippen LogP contribution in [0.15, 0.2) is 12.4 Å². The van der Waals surface area contributed by atoms with E-state index in [0.29, 0.717) is 13.2 Å². The van der Waals surface area contributed by atoms with Gasteiger partial charge in [-0.05, 0) is 0 Å². The molecule has 2 heterocycles. The van der Waals surface area contributed by atoms with Crippen LogP contribution < -0.4 is 5.32 Å². The van der Waals surface area contributed by atoms with Crippen LogP contribution in [0.3, 0.4) is 0 Å². The molecule has 1 fully saturated rings. The molecule has 5 heteroatoms. The summed E-state index contributed by atoms with van der Waals surface area (Å²) in [4.78, 5) is 0. The quantitative estimate of drug-likeness (QED) is 0.757. The van der Waals surface area contributed by atoms with Crippen LogP contribution in [0.25, 0.3) is 0 Å². The molecule has 1 aliphatic heterocycles. The van der Waals surface area contributed by atoms with E-state index in [0.717, 1.165) is 19.7 Å². The third-order valence-corrected chi connectivity index (χ3v) is 2.34. The number of rotatable bonds is 4. The van der Waals surface area contributed by atoms with Crippen LogP contribution in [0.1, 0.15) is 5.56 Å². The molecular weight excluding hydrogens is 194 g/mol. The van der Waals surface area contributed by atoms with E-state index in [1.165, 1.54) is 5.56 Å². The molecular formula is C10H17N3O2. The maximum absolute atomic E-state index is 5.51. The summed E-state index contributed by atoms with van der Waals surface area (Å²) >= 11 is 0. The Morgan fingerprint density at radius 3 is 3.20 bits per heavy atom. The lowest BCUT2D eigenvalue weighted by Gasteiger charge is -2.22. The largest absolute Gasteiger partial charge is 0.376 e. The lowest BCUT2D eigenvalue weighted by molar-refractivity contribution is -0.0864. The van der Waals surface area contributed by atoms with Crippen LogP contribution in [-0.2, 0) is 23.1 Å². The molecule has 0 bridgehead atoms. The van der Waals surface area contributed by atoms with Crippen molar-refractivity contribution in [3.63, 3.8) is 0 Å². The highest BCUT2D eigenvalue weighted by Crippen LogP contribution is 2.00. The molecule has 84 valence electrons. The van der Waals surface area contributed by atoms with Gasteiger partial charge in [-0.1, -0.05) is 0 Å². The molecule has 0 spiro atoms. The van der Waals surface area contributed by atoms with Gasteiger partial charge in [-0.15, -0.1) is 0 Å². The number of aromatic nitrogens is 2. The minimum atomic E-state index is 0.190. The van der Waals surface area contributed by atoms with Gasteiger partial charge in [0.05, 0.1) is 32.1 Å². The fourth-order valence-electron chi connectivity index (χ4n) is 1.60. The number of aryl methyl sites for hydroxylation is 1. The molecule has 0 aliphatic carbocycles. The lowest BCUT2D eigenvalue weighted by atomic mass is 10.3. The third-order valence-electron chi connectivity index (χ3n) is 2.34. The van der Waals surface area contributed by atoms with Crippen LogP contribution in [-0.4, -0.2) is 42.2 Å². The zero-order chi connectivity index (χ0) is 10.5. The standard InChI is InChI=1S/C10H17N3O2/c1-13-7-9(5-12-13)4-11-6-10-8-14-2-3-15-10/h5,7,10-11H,2-4,6,8H2,1H3. The summed E-state index contributed by atoms with van der Waals surface area (Å²) in [5, 5.41) is 7.43. The first-order valence-electron chi connectivity index (χ1n) is 5.22. The molecule has 1 aliphatic rings. The monoisotopic (exact) mass is 211 g/mol. The van der Waals surface area contributed by atoms with E-state index in [-0.39, 0.29) is 6.10 Å². The second kappa shape index (κ2) is 5.25. The SMILES string of the molecule is Cn1cc(CNCC2COCCO2)cn1. The van der Waals surface area contributed by atoms with Gasteiger partial charge < -0.3 is 14.8 Å². The topological polar surface area (TPSA) is 48.3 Å². The average molecular weight is 211 g/mol. The predicted molar refractivity (Wildman–Crippen MR) is 55.5 cm³/mol. The lowest BCUT2D eigenvalue weighted by Crippen LogP contribution is -2.37. The summed E-state index contributed by atoms with van der Waals surface area (Å²) in [6.45, 7) is 3.78. The Labute approximate surface area is 89.4 Å². The Morgan fingerprint density at radius 2 is 2.53 bits per heavy atom. The number of nitrogens with one attached hydrogen (secondary N) is 1. The molecule has 1 saturated heterocycles. The van der Waals surface area contributed by atoms with Gasteiger partial charge in [0, 0.05) is 31.9 Å².